The van der Waals surface area contributed by atoms with Crippen molar-refractivity contribution in [1.29, 1.82) is 0 Å². The van der Waals surface area contributed by atoms with Gasteiger partial charge in [0, 0.05) is 16.0 Å². The molecule has 1 saturated carbocycles. The number of carbonyl (C=O) groups excluding carboxylic acids is 1. The number of nitrogens with two attached hydrogens (primary N) is 1. The summed E-state index contributed by atoms with van der Waals surface area (Å²) in [5.41, 5.74) is 9.81. The van der Waals surface area contributed by atoms with Crippen molar-refractivity contribution in [2.45, 2.75) is 25.3 Å². The van der Waals surface area contributed by atoms with Gasteiger partial charge in [0.2, 0.25) is 0 Å². The van der Waals surface area contributed by atoms with Crippen LogP contribution < -0.4 is 5.73 Å². The molecule has 6 heteroatoms. The molecule has 0 saturated heterocycles. The van der Waals surface area contributed by atoms with E-state index < -0.39 is 6.03 Å². The molecule has 0 bridgehead atoms. The lowest BCUT2D eigenvalue weighted by Gasteiger charge is -2.29. The molecule has 2 amide bonds. The van der Waals surface area contributed by atoms with Crippen molar-refractivity contribution in [1.82, 2.24) is 5.01 Å². The number of benzene rings is 2. The number of hydrogen-bond donors (Lipinski definition) is 1. The molecule has 2 aromatic rings. The Bertz CT molecular complexity index is 919. The summed E-state index contributed by atoms with van der Waals surface area (Å²) in [6.45, 7) is 0. The molecule has 2 atom stereocenters. The maximum Gasteiger partial charge on any atom is 0.335 e. The van der Waals surface area contributed by atoms with Crippen LogP contribution in [0.2, 0.25) is 10.0 Å². The molecule has 1 heterocycles. The third kappa shape index (κ3) is 3.60. The van der Waals surface area contributed by atoms with E-state index in [1.165, 1.54) is 5.01 Å². The quantitative estimate of drug-likeness (QED) is 0.694. The van der Waals surface area contributed by atoms with Gasteiger partial charge in [-0.2, -0.15) is 5.10 Å². The lowest BCUT2D eigenvalue weighted by Crippen LogP contribution is -2.35. The molecule has 2 aromatic carbocycles. The van der Waals surface area contributed by atoms with Crippen molar-refractivity contribution < 1.29 is 4.79 Å². The zero-order valence-corrected chi connectivity index (χ0v) is 16.1. The van der Waals surface area contributed by atoms with Crippen LogP contribution in [0.15, 0.2) is 59.2 Å². The molecular weight excluding hydrogens is 381 g/mol. The minimum atomic E-state index is -0.539. The fraction of sp³-hybridized carbons (Fsp3) is 0.238. The molecular formula is C21H19Cl2N3O. The van der Waals surface area contributed by atoms with Crippen molar-refractivity contribution >= 4 is 41.0 Å². The highest BCUT2D eigenvalue weighted by Gasteiger charge is 2.43. The Labute approximate surface area is 168 Å². The van der Waals surface area contributed by atoms with E-state index in [0.29, 0.717) is 10.0 Å². The minimum absolute atomic E-state index is 0.131. The van der Waals surface area contributed by atoms with Crippen LogP contribution in [-0.4, -0.2) is 16.8 Å². The van der Waals surface area contributed by atoms with Gasteiger partial charge >= 0.3 is 6.03 Å². The number of urea groups is 1. The molecule has 27 heavy (non-hydrogen) atoms. The van der Waals surface area contributed by atoms with Gasteiger partial charge < -0.3 is 5.73 Å². The van der Waals surface area contributed by atoms with E-state index in [-0.39, 0.29) is 12.0 Å². The Kier molecular flexibility index (Phi) is 4.94. The first kappa shape index (κ1) is 18.1. The van der Waals surface area contributed by atoms with E-state index in [2.05, 4.69) is 11.2 Å². The van der Waals surface area contributed by atoms with Gasteiger partial charge in [-0.1, -0.05) is 47.5 Å². The van der Waals surface area contributed by atoms with Gasteiger partial charge in [0.05, 0.1) is 11.8 Å². The zero-order valence-electron chi connectivity index (χ0n) is 14.6. The summed E-state index contributed by atoms with van der Waals surface area (Å²) in [6, 6.07) is 14.5. The van der Waals surface area contributed by atoms with E-state index in [4.69, 9.17) is 28.9 Å². The van der Waals surface area contributed by atoms with E-state index >= 15 is 0 Å². The highest BCUT2D eigenvalue weighted by molar-refractivity contribution is 6.30. The van der Waals surface area contributed by atoms with E-state index in [0.717, 1.165) is 41.7 Å². The van der Waals surface area contributed by atoms with Gasteiger partial charge in [0.25, 0.3) is 0 Å². The van der Waals surface area contributed by atoms with Crippen molar-refractivity contribution in [3.05, 3.63) is 75.3 Å². The zero-order chi connectivity index (χ0) is 19.0. The predicted octanol–water partition coefficient (Wildman–Crippen LogP) is 5.67. The van der Waals surface area contributed by atoms with E-state index in [9.17, 15) is 4.79 Å². The second-order valence-corrected chi connectivity index (χ2v) is 7.76. The molecule has 4 rings (SSSR count). The highest BCUT2D eigenvalue weighted by atomic mass is 35.5. The maximum absolute atomic E-state index is 12.1. The largest absolute Gasteiger partial charge is 0.350 e. The van der Waals surface area contributed by atoms with Crippen LogP contribution in [0.4, 0.5) is 4.79 Å². The standard InChI is InChI=1S/C21H19Cl2N3O/c22-16-8-4-13(5-9-16)12-15-2-1-3-18-19(15)25-26(21(24)27)20(18)14-6-10-17(23)11-7-14/h4-12,18,20H,1-3H2,(H2,24,27)/b15-12+/t18-,20+/m1/s1. The van der Waals surface area contributed by atoms with Gasteiger partial charge in [-0.15, -0.1) is 0 Å². The lowest BCUT2D eigenvalue weighted by molar-refractivity contribution is 0.184. The minimum Gasteiger partial charge on any atom is -0.350 e. The number of allylic oxidation sites excluding steroid dienone is 1. The average molecular weight is 400 g/mol. The molecule has 0 radical (unpaired) electrons. The van der Waals surface area contributed by atoms with Crippen LogP contribution in [0.1, 0.15) is 36.4 Å². The number of rotatable bonds is 2. The first-order chi connectivity index (χ1) is 13.0. The van der Waals surface area contributed by atoms with Crippen molar-refractivity contribution in [2.24, 2.45) is 16.8 Å². The average Bonchev–Trinajstić information content (AvgIpc) is 3.05. The number of carbonyl (C=O) groups is 1. The molecule has 2 aliphatic rings. The summed E-state index contributed by atoms with van der Waals surface area (Å²) >= 11 is 12.0. The van der Waals surface area contributed by atoms with Gasteiger partial charge in [0.1, 0.15) is 0 Å². The summed E-state index contributed by atoms with van der Waals surface area (Å²) in [6.07, 6.45) is 5.07. The van der Waals surface area contributed by atoms with Crippen LogP contribution in [0, 0.1) is 5.92 Å². The molecule has 1 aliphatic carbocycles. The van der Waals surface area contributed by atoms with E-state index in [1.54, 1.807) is 0 Å². The van der Waals surface area contributed by atoms with Crippen LogP contribution in [-0.2, 0) is 0 Å². The van der Waals surface area contributed by atoms with Gasteiger partial charge in [-0.05, 0) is 66.3 Å². The van der Waals surface area contributed by atoms with Gasteiger partial charge in [0.15, 0.2) is 0 Å². The third-order valence-corrected chi connectivity index (χ3v) is 5.65. The summed E-state index contributed by atoms with van der Waals surface area (Å²) in [5.74, 6) is 0.131. The van der Waals surface area contributed by atoms with Crippen LogP contribution in [0.5, 0.6) is 0 Å². The van der Waals surface area contributed by atoms with Gasteiger partial charge in [-0.3, -0.25) is 0 Å². The molecule has 1 fully saturated rings. The molecule has 1 aliphatic heterocycles. The summed E-state index contributed by atoms with van der Waals surface area (Å²) < 4.78 is 0. The Morgan fingerprint density at radius 3 is 2.33 bits per heavy atom. The fourth-order valence-corrected chi connectivity index (χ4v) is 4.19. The first-order valence-corrected chi connectivity index (χ1v) is 9.67. The molecule has 0 unspecified atom stereocenters. The Morgan fingerprint density at radius 1 is 1.07 bits per heavy atom. The smallest absolute Gasteiger partial charge is 0.335 e. The topological polar surface area (TPSA) is 58.7 Å². The SMILES string of the molecule is NC(=O)N1N=C2/C(=C/c3ccc(Cl)cc3)CCC[C@H]2[C@@H]1c1ccc(Cl)cc1. The Hall–Kier alpha value is -2.30. The summed E-state index contributed by atoms with van der Waals surface area (Å²) in [7, 11) is 0. The second kappa shape index (κ2) is 7.37. The molecule has 0 aromatic heterocycles. The van der Waals surface area contributed by atoms with Crippen LogP contribution >= 0.6 is 23.2 Å². The molecule has 0 spiro atoms. The molecule has 2 N–H and O–H groups in total. The van der Waals surface area contributed by atoms with Crippen molar-refractivity contribution in [2.75, 3.05) is 0 Å². The highest BCUT2D eigenvalue weighted by Crippen LogP contribution is 2.44. The number of halogens is 2. The number of fused-ring (bicyclic) bond motifs is 1. The summed E-state index contributed by atoms with van der Waals surface area (Å²) in [4.78, 5) is 12.1. The molecule has 138 valence electrons. The first-order valence-electron chi connectivity index (χ1n) is 8.92. The number of hydrazone groups is 1. The maximum atomic E-state index is 12.1. The fourth-order valence-electron chi connectivity index (χ4n) is 3.94. The lowest BCUT2D eigenvalue weighted by atomic mass is 9.77. The number of primary amides is 1. The summed E-state index contributed by atoms with van der Waals surface area (Å²) in [5, 5.41) is 7.42. The van der Waals surface area contributed by atoms with E-state index in [1.807, 2.05) is 48.5 Å². The van der Waals surface area contributed by atoms with Crippen molar-refractivity contribution in [3.8, 4) is 0 Å². The Balaban J connectivity index is 1.72. The number of nitrogens with zero attached hydrogens (tertiary/aromatic N) is 2. The Morgan fingerprint density at radius 2 is 1.70 bits per heavy atom. The van der Waals surface area contributed by atoms with Crippen LogP contribution in [0.25, 0.3) is 6.08 Å². The number of hydrogen-bond acceptors (Lipinski definition) is 2. The van der Waals surface area contributed by atoms with Crippen molar-refractivity contribution in [3.63, 3.8) is 0 Å². The van der Waals surface area contributed by atoms with Gasteiger partial charge in [-0.25, -0.2) is 9.80 Å². The number of amides is 2. The second-order valence-electron chi connectivity index (χ2n) is 6.88. The predicted molar refractivity (Wildman–Crippen MR) is 110 cm³/mol. The monoisotopic (exact) mass is 399 g/mol. The molecule has 4 nitrogen and oxygen atoms in total. The van der Waals surface area contributed by atoms with Crippen LogP contribution in [0.3, 0.4) is 0 Å². The third-order valence-electron chi connectivity index (χ3n) is 5.15. The normalized spacial score (nSPS) is 23.3.